The molecule has 0 saturated heterocycles. The minimum atomic E-state index is 0.739. The van der Waals surface area contributed by atoms with E-state index in [4.69, 9.17) is 4.74 Å². The van der Waals surface area contributed by atoms with Gasteiger partial charge in [0.2, 0.25) is 0 Å². The Labute approximate surface area is 129 Å². The number of halogens is 2. The number of ether oxygens (including phenoxy) is 1. The fourth-order valence-corrected chi connectivity index (χ4v) is 2.67. The van der Waals surface area contributed by atoms with Crippen molar-refractivity contribution in [3.63, 3.8) is 0 Å². The van der Waals surface area contributed by atoms with Crippen LogP contribution in [0.1, 0.15) is 5.56 Å². The number of rotatable bonds is 4. The molecule has 2 rings (SSSR count). The van der Waals surface area contributed by atoms with E-state index in [2.05, 4.69) is 62.0 Å². The molecule has 2 aromatic carbocycles. The van der Waals surface area contributed by atoms with Crippen LogP contribution in [0.25, 0.3) is 0 Å². The van der Waals surface area contributed by atoms with Gasteiger partial charge in [0.05, 0.1) is 7.11 Å². The first kappa shape index (κ1) is 13.7. The lowest BCUT2D eigenvalue weighted by Crippen LogP contribution is -2.02. The van der Waals surface area contributed by atoms with E-state index in [1.807, 2.05) is 24.3 Å². The van der Waals surface area contributed by atoms with Crippen LogP contribution >= 0.6 is 38.5 Å². The minimum Gasteiger partial charge on any atom is -0.496 e. The van der Waals surface area contributed by atoms with E-state index in [0.717, 1.165) is 28.0 Å². The molecule has 0 radical (unpaired) electrons. The van der Waals surface area contributed by atoms with Crippen molar-refractivity contribution in [2.24, 2.45) is 0 Å². The van der Waals surface area contributed by atoms with Gasteiger partial charge in [-0.25, -0.2) is 0 Å². The summed E-state index contributed by atoms with van der Waals surface area (Å²) < 4.78 is 7.63. The van der Waals surface area contributed by atoms with Crippen molar-refractivity contribution in [1.29, 1.82) is 0 Å². The molecule has 0 spiro atoms. The van der Waals surface area contributed by atoms with Gasteiger partial charge in [0.1, 0.15) is 5.75 Å². The lowest BCUT2D eigenvalue weighted by molar-refractivity contribution is 0.410. The number of para-hydroxylation sites is 1. The first-order valence-corrected chi connectivity index (χ1v) is 7.38. The topological polar surface area (TPSA) is 21.3 Å². The van der Waals surface area contributed by atoms with Gasteiger partial charge in [-0.2, -0.15) is 0 Å². The zero-order chi connectivity index (χ0) is 13.0. The second kappa shape index (κ2) is 6.43. The number of hydrogen-bond donors (Lipinski definition) is 1. The highest BCUT2D eigenvalue weighted by Crippen LogP contribution is 2.25. The van der Waals surface area contributed by atoms with Gasteiger partial charge in [-0.05, 0) is 52.9 Å². The summed E-state index contributed by atoms with van der Waals surface area (Å²) in [5.41, 5.74) is 2.27. The quantitative estimate of drug-likeness (QED) is 0.729. The maximum Gasteiger partial charge on any atom is 0.123 e. The highest BCUT2D eigenvalue weighted by molar-refractivity contribution is 14.1. The molecule has 0 amide bonds. The van der Waals surface area contributed by atoms with Crippen molar-refractivity contribution in [3.05, 3.63) is 56.1 Å². The largest absolute Gasteiger partial charge is 0.496 e. The summed E-state index contributed by atoms with van der Waals surface area (Å²) >= 11 is 5.81. The third-order valence-corrected chi connectivity index (χ3v) is 4.02. The molecule has 1 N–H and O–H groups in total. The van der Waals surface area contributed by atoms with E-state index in [-0.39, 0.29) is 0 Å². The van der Waals surface area contributed by atoms with Crippen LogP contribution in [-0.4, -0.2) is 7.11 Å². The molecule has 0 aliphatic rings. The summed E-state index contributed by atoms with van der Waals surface area (Å²) in [4.78, 5) is 0. The van der Waals surface area contributed by atoms with Crippen LogP contribution in [0.2, 0.25) is 0 Å². The summed E-state index contributed by atoms with van der Waals surface area (Å²) in [5.74, 6) is 0.900. The van der Waals surface area contributed by atoms with Crippen molar-refractivity contribution in [3.8, 4) is 5.75 Å². The third kappa shape index (κ3) is 3.38. The van der Waals surface area contributed by atoms with Crippen molar-refractivity contribution in [2.45, 2.75) is 6.54 Å². The van der Waals surface area contributed by atoms with Crippen LogP contribution in [0.15, 0.2) is 46.9 Å². The molecule has 0 atom stereocenters. The van der Waals surface area contributed by atoms with Crippen LogP contribution in [0.4, 0.5) is 5.69 Å². The number of methoxy groups -OCH3 is 1. The number of hydrogen-bond acceptors (Lipinski definition) is 2. The second-order valence-corrected chi connectivity index (χ2v) is 5.87. The molecule has 18 heavy (non-hydrogen) atoms. The highest BCUT2D eigenvalue weighted by atomic mass is 127. The van der Waals surface area contributed by atoms with Gasteiger partial charge in [-0.3, -0.25) is 0 Å². The second-order valence-electron chi connectivity index (χ2n) is 3.79. The van der Waals surface area contributed by atoms with Crippen LogP contribution < -0.4 is 10.1 Å². The molecule has 2 aromatic rings. The zero-order valence-corrected chi connectivity index (χ0v) is 13.7. The van der Waals surface area contributed by atoms with Gasteiger partial charge in [-0.1, -0.05) is 28.1 Å². The van der Waals surface area contributed by atoms with Crippen molar-refractivity contribution >= 4 is 44.2 Å². The molecular weight excluding hydrogens is 405 g/mol. The van der Waals surface area contributed by atoms with Gasteiger partial charge in [0, 0.05) is 25.8 Å². The maximum atomic E-state index is 5.36. The SMILES string of the molecule is COc1ccc(Br)cc1CNc1ccccc1I. The molecule has 0 fully saturated rings. The molecule has 4 heteroatoms. The smallest absolute Gasteiger partial charge is 0.123 e. The first-order valence-electron chi connectivity index (χ1n) is 5.51. The molecular formula is C14H13BrINO. The molecule has 0 aromatic heterocycles. The molecule has 94 valence electrons. The lowest BCUT2D eigenvalue weighted by atomic mass is 10.2. The van der Waals surface area contributed by atoms with Gasteiger partial charge in [0.25, 0.3) is 0 Å². The minimum absolute atomic E-state index is 0.739. The Kier molecular flexibility index (Phi) is 4.88. The molecule has 0 bridgehead atoms. The van der Waals surface area contributed by atoms with Crippen LogP contribution in [0.3, 0.4) is 0 Å². The van der Waals surface area contributed by atoms with Gasteiger partial charge in [0.15, 0.2) is 0 Å². The van der Waals surface area contributed by atoms with E-state index in [1.54, 1.807) is 7.11 Å². The number of benzene rings is 2. The fourth-order valence-electron chi connectivity index (χ4n) is 1.68. The predicted octanol–water partition coefficient (Wildman–Crippen LogP) is 4.67. The van der Waals surface area contributed by atoms with E-state index in [1.165, 1.54) is 3.57 Å². The Morgan fingerprint density at radius 3 is 2.72 bits per heavy atom. The molecule has 0 heterocycles. The van der Waals surface area contributed by atoms with Crippen LogP contribution in [-0.2, 0) is 6.54 Å². The van der Waals surface area contributed by atoms with Gasteiger partial charge >= 0.3 is 0 Å². The summed E-state index contributed by atoms with van der Waals surface area (Å²) in [6.45, 7) is 0.739. The summed E-state index contributed by atoms with van der Waals surface area (Å²) in [6.07, 6.45) is 0. The van der Waals surface area contributed by atoms with Crippen molar-refractivity contribution in [1.82, 2.24) is 0 Å². The third-order valence-electron chi connectivity index (χ3n) is 2.59. The molecule has 0 aliphatic carbocycles. The Bertz CT molecular complexity index is 545. The van der Waals surface area contributed by atoms with Gasteiger partial charge in [-0.15, -0.1) is 0 Å². The highest BCUT2D eigenvalue weighted by Gasteiger charge is 2.04. The fraction of sp³-hybridized carbons (Fsp3) is 0.143. The zero-order valence-electron chi connectivity index (χ0n) is 9.91. The predicted molar refractivity (Wildman–Crippen MR) is 87.2 cm³/mol. The summed E-state index contributed by atoms with van der Waals surface area (Å²) in [6, 6.07) is 14.2. The average Bonchev–Trinajstić information content (AvgIpc) is 2.38. The van der Waals surface area contributed by atoms with Crippen molar-refractivity contribution in [2.75, 3.05) is 12.4 Å². The summed E-state index contributed by atoms with van der Waals surface area (Å²) in [7, 11) is 1.69. The average molecular weight is 418 g/mol. The van der Waals surface area contributed by atoms with Crippen molar-refractivity contribution < 1.29 is 4.74 Å². The number of nitrogens with one attached hydrogen (secondary N) is 1. The Hall–Kier alpha value is -0.750. The summed E-state index contributed by atoms with van der Waals surface area (Å²) in [5, 5.41) is 3.42. The lowest BCUT2D eigenvalue weighted by Gasteiger charge is -2.12. The first-order chi connectivity index (χ1) is 8.70. The normalized spacial score (nSPS) is 10.2. The molecule has 0 saturated carbocycles. The standard InChI is InChI=1S/C14H13BrINO/c1-18-14-7-6-11(15)8-10(14)9-17-13-5-3-2-4-12(13)16/h2-8,17H,9H2,1H3. The molecule has 2 nitrogen and oxygen atoms in total. The maximum absolute atomic E-state index is 5.36. The Morgan fingerprint density at radius 2 is 2.00 bits per heavy atom. The monoisotopic (exact) mass is 417 g/mol. The Balaban J connectivity index is 2.15. The van der Waals surface area contributed by atoms with Crippen LogP contribution in [0, 0.1) is 3.57 Å². The van der Waals surface area contributed by atoms with E-state index in [0.29, 0.717) is 0 Å². The van der Waals surface area contributed by atoms with Crippen LogP contribution in [0.5, 0.6) is 5.75 Å². The molecule has 0 unspecified atom stereocenters. The van der Waals surface area contributed by atoms with E-state index < -0.39 is 0 Å². The van der Waals surface area contributed by atoms with E-state index >= 15 is 0 Å². The van der Waals surface area contributed by atoms with E-state index in [9.17, 15) is 0 Å². The van der Waals surface area contributed by atoms with Gasteiger partial charge < -0.3 is 10.1 Å². The number of anilines is 1. The Morgan fingerprint density at radius 1 is 1.22 bits per heavy atom. The molecule has 0 aliphatic heterocycles.